The summed E-state index contributed by atoms with van der Waals surface area (Å²) in [5.74, 6) is 2.54. The molecule has 0 amide bonds. The Morgan fingerprint density at radius 3 is 2.53 bits per heavy atom. The number of hydrogen-bond acceptors (Lipinski definition) is 2. The van der Waals surface area contributed by atoms with E-state index in [0.717, 1.165) is 30.5 Å². The molecule has 1 fully saturated rings. The molecular weight excluding hydrogens is 188 g/mol. The number of hydrogen-bond donors (Lipinski definition) is 2. The Kier molecular flexibility index (Phi) is 3.10. The Labute approximate surface area is 90.9 Å². The third kappa shape index (κ3) is 2.40. The van der Waals surface area contributed by atoms with Gasteiger partial charge in [-0.1, -0.05) is 13.8 Å². The summed E-state index contributed by atoms with van der Waals surface area (Å²) in [4.78, 5) is 7.14. The van der Waals surface area contributed by atoms with Gasteiger partial charge in [-0.25, -0.2) is 4.98 Å². The zero-order valence-electron chi connectivity index (χ0n) is 9.48. The summed E-state index contributed by atoms with van der Waals surface area (Å²) in [6.45, 7) is 4.55. The summed E-state index contributed by atoms with van der Waals surface area (Å²) in [6, 6.07) is 0. The second kappa shape index (κ2) is 4.35. The van der Waals surface area contributed by atoms with Gasteiger partial charge in [0, 0.05) is 12.4 Å². The quantitative estimate of drug-likeness (QED) is 0.784. The molecule has 1 saturated carbocycles. The summed E-state index contributed by atoms with van der Waals surface area (Å²) < 4.78 is 0. The van der Waals surface area contributed by atoms with Crippen molar-refractivity contribution in [3.05, 3.63) is 18.2 Å². The van der Waals surface area contributed by atoms with Crippen LogP contribution in [-0.2, 0) is 0 Å². The lowest BCUT2D eigenvalue weighted by molar-refractivity contribution is 0.0495. The monoisotopic (exact) mass is 208 g/mol. The van der Waals surface area contributed by atoms with Gasteiger partial charge in [-0.2, -0.15) is 0 Å². The van der Waals surface area contributed by atoms with Crippen LogP contribution in [0.15, 0.2) is 12.4 Å². The fourth-order valence-corrected chi connectivity index (χ4v) is 2.93. The molecule has 3 atom stereocenters. The van der Waals surface area contributed by atoms with Crippen molar-refractivity contribution in [3.63, 3.8) is 0 Å². The maximum absolute atomic E-state index is 10.2. The third-order valence-corrected chi connectivity index (χ3v) is 3.46. The van der Waals surface area contributed by atoms with Crippen LogP contribution in [0.3, 0.4) is 0 Å². The first-order valence-corrected chi connectivity index (χ1v) is 5.84. The molecule has 0 radical (unpaired) electrons. The van der Waals surface area contributed by atoms with E-state index in [1.165, 1.54) is 6.42 Å². The maximum atomic E-state index is 10.2. The lowest BCUT2D eigenvalue weighted by Gasteiger charge is -2.33. The van der Waals surface area contributed by atoms with Crippen LogP contribution >= 0.6 is 0 Å². The minimum atomic E-state index is -0.412. The molecule has 1 heterocycles. The van der Waals surface area contributed by atoms with E-state index in [9.17, 15) is 5.11 Å². The van der Waals surface area contributed by atoms with Gasteiger partial charge in [-0.15, -0.1) is 0 Å². The molecule has 0 spiro atoms. The summed E-state index contributed by atoms with van der Waals surface area (Å²) >= 11 is 0. The number of nitrogens with zero attached hydrogens (tertiary/aromatic N) is 1. The molecule has 0 bridgehead atoms. The molecule has 1 aromatic heterocycles. The fourth-order valence-electron chi connectivity index (χ4n) is 2.93. The van der Waals surface area contributed by atoms with Crippen LogP contribution in [0.4, 0.5) is 0 Å². The van der Waals surface area contributed by atoms with Gasteiger partial charge in [-0.05, 0) is 37.0 Å². The Morgan fingerprint density at radius 1 is 1.33 bits per heavy atom. The van der Waals surface area contributed by atoms with E-state index in [2.05, 4.69) is 23.8 Å². The molecule has 0 aliphatic heterocycles. The molecule has 0 aromatic carbocycles. The van der Waals surface area contributed by atoms with Crippen molar-refractivity contribution in [1.29, 1.82) is 0 Å². The zero-order chi connectivity index (χ0) is 10.8. The van der Waals surface area contributed by atoms with Gasteiger partial charge in [-0.3, -0.25) is 0 Å². The van der Waals surface area contributed by atoms with Crippen molar-refractivity contribution in [3.8, 4) is 0 Å². The number of imidazole rings is 1. The molecule has 84 valence electrons. The topological polar surface area (TPSA) is 48.9 Å². The predicted octanol–water partition coefficient (Wildman–Crippen LogP) is 2.52. The number of aromatic amines is 1. The Balaban J connectivity index is 2.03. The van der Waals surface area contributed by atoms with Crippen LogP contribution in [0, 0.1) is 17.8 Å². The summed E-state index contributed by atoms with van der Waals surface area (Å²) in [6.07, 6.45) is 6.59. The van der Waals surface area contributed by atoms with Crippen molar-refractivity contribution in [2.24, 2.45) is 17.8 Å². The second-order valence-corrected chi connectivity index (χ2v) is 5.10. The van der Waals surface area contributed by atoms with Crippen LogP contribution in [0.25, 0.3) is 0 Å². The minimum Gasteiger partial charge on any atom is -0.385 e. The number of aliphatic hydroxyl groups excluding tert-OH is 1. The van der Waals surface area contributed by atoms with Crippen LogP contribution in [0.1, 0.15) is 45.0 Å². The average molecular weight is 208 g/mol. The fraction of sp³-hybridized carbons (Fsp3) is 0.750. The highest BCUT2D eigenvalue weighted by Crippen LogP contribution is 2.38. The maximum Gasteiger partial charge on any atom is 0.135 e. The van der Waals surface area contributed by atoms with E-state index < -0.39 is 6.10 Å². The van der Waals surface area contributed by atoms with Gasteiger partial charge in [0.1, 0.15) is 11.9 Å². The van der Waals surface area contributed by atoms with E-state index in [0.29, 0.717) is 5.92 Å². The lowest BCUT2D eigenvalue weighted by atomic mass is 9.74. The number of nitrogens with one attached hydrogen (secondary N) is 1. The summed E-state index contributed by atoms with van der Waals surface area (Å²) in [5, 5.41) is 10.2. The average Bonchev–Trinajstić information content (AvgIpc) is 2.67. The van der Waals surface area contributed by atoms with E-state index in [4.69, 9.17) is 0 Å². The highest BCUT2D eigenvalue weighted by atomic mass is 16.3. The number of aliphatic hydroxyl groups is 1. The Bertz CT molecular complexity index is 287. The lowest BCUT2D eigenvalue weighted by Crippen LogP contribution is -2.25. The largest absolute Gasteiger partial charge is 0.385 e. The van der Waals surface area contributed by atoms with Crippen LogP contribution < -0.4 is 0 Å². The van der Waals surface area contributed by atoms with Crippen molar-refractivity contribution in [2.45, 2.75) is 39.2 Å². The molecule has 3 nitrogen and oxygen atoms in total. The van der Waals surface area contributed by atoms with Crippen molar-refractivity contribution in [2.75, 3.05) is 0 Å². The van der Waals surface area contributed by atoms with Crippen LogP contribution in [0.5, 0.6) is 0 Å². The molecule has 2 rings (SSSR count). The van der Waals surface area contributed by atoms with Crippen molar-refractivity contribution >= 4 is 0 Å². The minimum absolute atomic E-state index is 0.370. The van der Waals surface area contributed by atoms with E-state index in [1.807, 2.05) is 0 Å². The smallest absolute Gasteiger partial charge is 0.135 e. The Morgan fingerprint density at radius 2 is 2.00 bits per heavy atom. The highest BCUT2D eigenvalue weighted by molar-refractivity contribution is 4.96. The summed E-state index contributed by atoms with van der Waals surface area (Å²) in [5.41, 5.74) is 0. The molecule has 3 heteroatoms. The molecule has 1 aliphatic carbocycles. The SMILES string of the molecule is CC1CC(C)CC(C(O)c2ncc[nH]2)C1. The zero-order valence-corrected chi connectivity index (χ0v) is 9.48. The van der Waals surface area contributed by atoms with Gasteiger partial charge in [0.25, 0.3) is 0 Å². The van der Waals surface area contributed by atoms with Crippen LogP contribution in [0.2, 0.25) is 0 Å². The molecule has 1 aliphatic rings. The number of H-pyrrole nitrogens is 1. The molecule has 0 saturated heterocycles. The normalized spacial score (nSPS) is 33.9. The van der Waals surface area contributed by atoms with Crippen molar-refractivity contribution < 1.29 is 5.11 Å². The Hall–Kier alpha value is -0.830. The summed E-state index contributed by atoms with van der Waals surface area (Å²) in [7, 11) is 0. The van der Waals surface area contributed by atoms with Gasteiger partial charge in [0.2, 0.25) is 0 Å². The molecule has 15 heavy (non-hydrogen) atoms. The molecular formula is C12H20N2O. The van der Waals surface area contributed by atoms with E-state index in [-0.39, 0.29) is 0 Å². The molecule has 2 N–H and O–H groups in total. The first-order chi connectivity index (χ1) is 7.16. The van der Waals surface area contributed by atoms with Crippen molar-refractivity contribution in [1.82, 2.24) is 9.97 Å². The predicted molar refractivity (Wildman–Crippen MR) is 59.2 cm³/mol. The van der Waals surface area contributed by atoms with Crippen LogP contribution in [-0.4, -0.2) is 15.1 Å². The van der Waals surface area contributed by atoms with E-state index in [1.54, 1.807) is 12.4 Å². The van der Waals surface area contributed by atoms with Gasteiger partial charge in [0.15, 0.2) is 0 Å². The van der Waals surface area contributed by atoms with Gasteiger partial charge >= 0.3 is 0 Å². The third-order valence-electron chi connectivity index (χ3n) is 3.46. The number of aromatic nitrogens is 2. The molecule has 3 unspecified atom stereocenters. The standard InChI is InChI=1S/C12H20N2O/c1-8-5-9(2)7-10(6-8)11(15)12-13-3-4-14-12/h3-4,8-11,15H,5-7H2,1-2H3,(H,13,14). The van der Waals surface area contributed by atoms with Gasteiger partial charge < -0.3 is 10.1 Å². The number of rotatable bonds is 2. The highest BCUT2D eigenvalue weighted by Gasteiger charge is 2.30. The van der Waals surface area contributed by atoms with E-state index >= 15 is 0 Å². The first-order valence-electron chi connectivity index (χ1n) is 5.84. The second-order valence-electron chi connectivity index (χ2n) is 5.10. The molecule has 1 aromatic rings. The van der Waals surface area contributed by atoms with Gasteiger partial charge in [0.05, 0.1) is 0 Å². The first kappa shape index (κ1) is 10.7.